The summed E-state index contributed by atoms with van der Waals surface area (Å²) in [5.41, 5.74) is 4.71. The summed E-state index contributed by atoms with van der Waals surface area (Å²) in [5.74, 6) is 0.127. The number of pyridine rings is 1. The van der Waals surface area contributed by atoms with E-state index in [1.807, 2.05) is 30.5 Å². The highest BCUT2D eigenvalue weighted by Gasteiger charge is 2.19. The van der Waals surface area contributed by atoms with E-state index in [9.17, 15) is 0 Å². The van der Waals surface area contributed by atoms with E-state index in [1.54, 1.807) is 0 Å². The number of halogens is 1. The maximum absolute atomic E-state index is 6.09. The van der Waals surface area contributed by atoms with Crippen LogP contribution in [0, 0.1) is 0 Å². The highest BCUT2D eigenvalue weighted by atomic mass is 35.5. The fraction of sp³-hybridized carbons (Fsp3) is 0.0455. The smallest absolute Gasteiger partial charge is 0.0743 e. The molecular weight excluding hydrogens is 314 g/mol. The molecule has 0 unspecified atom stereocenters. The maximum atomic E-state index is 6.09. The molecule has 0 radical (unpaired) electrons. The molecule has 24 heavy (non-hydrogen) atoms. The number of hydrogen-bond acceptors (Lipinski definition) is 1. The topological polar surface area (TPSA) is 12.9 Å². The third kappa shape index (κ3) is 2.79. The van der Waals surface area contributed by atoms with Gasteiger partial charge in [0.1, 0.15) is 0 Å². The highest BCUT2D eigenvalue weighted by molar-refractivity contribution is 6.30. The van der Waals surface area contributed by atoms with Gasteiger partial charge in [-0.25, -0.2) is 0 Å². The summed E-state index contributed by atoms with van der Waals surface area (Å²) in [7, 11) is 0. The molecule has 0 saturated carbocycles. The van der Waals surface area contributed by atoms with Gasteiger partial charge < -0.3 is 0 Å². The normalized spacial score (nSPS) is 12.2. The minimum Gasteiger partial charge on any atom is -0.256 e. The monoisotopic (exact) mass is 329 g/mol. The van der Waals surface area contributed by atoms with Gasteiger partial charge in [0.2, 0.25) is 0 Å². The van der Waals surface area contributed by atoms with Crippen LogP contribution < -0.4 is 0 Å². The Morgan fingerprint density at radius 3 is 2.17 bits per heavy atom. The summed E-state index contributed by atoms with van der Waals surface area (Å²) in [4.78, 5) is 4.64. The fourth-order valence-electron chi connectivity index (χ4n) is 3.21. The largest absolute Gasteiger partial charge is 0.256 e. The summed E-state index contributed by atoms with van der Waals surface area (Å²) >= 11 is 6.09. The van der Waals surface area contributed by atoms with Crippen LogP contribution in [0.15, 0.2) is 91.1 Å². The van der Waals surface area contributed by atoms with Crippen LogP contribution >= 0.6 is 11.6 Å². The van der Waals surface area contributed by atoms with Crippen molar-refractivity contribution in [2.24, 2.45) is 0 Å². The van der Waals surface area contributed by atoms with Crippen LogP contribution in [-0.2, 0) is 0 Å². The van der Waals surface area contributed by atoms with Crippen molar-refractivity contribution in [1.82, 2.24) is 4.98 Å². The third-order valence-corrected chi connectivity index (χ3v) is 4.56. The van der Waals surface area contributed by atoms with E-state index in [0.717, 1.165) is 15.9 Å². The predicted molar refractivity (Wildman–Crippen MR) is 101 cm³/mol. The molecule has 0 aliphatic carbocycles. The molecule has 1 aromatic heterocycles. The molecule has 116 valence electrons. The molecule has 1 atom stereocenters. The van der Waals surface area contributed by atoms with E-state index in [0.29, 0.717) is 0 Å². The Balaban J connectivity index is 1.97. The van der Waals surface area contributed by atoms with Crippen molar-refractivity contribution in [1.29, 1.82) is 0 Å². The quantitative estimate of drug-likeness (QED) is 0.416. The van der Waals surface area contributed by atoms with Crippen LogP contribution in [0.2, 0.25) is 5.02 Å². The molecule has 0 fully saturated rings. The molecule has 1 heterocycles. The lowest BCUT2D eigenvalue weighted by atomic mass is 9.84. The summed E-state index contributed by atoms with van der Waals surface area (Å²) in [6.45, 7) is 0. The molecule has 3 aromatic carbocycles. The number of rotatable bonds is 3. The van der Waals surface area contributed by atoms with E-state index in [4.69, 9.17) is 11.6 Å². The molecule has 0 saturated heterocycles. The molecule has 4 aromatic rings. The van der Waals surface area contributed by atoms with Crippen molar-refractivity contribution in [2.75, 3.05) is 0 Å². The lowest BCUT2D eigenvalue weighted by Crippen LogP contribution is -2.04. The second kappa shape index (κ2) is 6.46. The first kappa shape index (κ1) is 14.9. The standard InChI is InChI=1S/C22H16ClN/c23-19-13-11-17(12-14-19)21(16-6-2-1-3-7-16)20-10-4-8-18-9-5-15-24-22(18)20/h1-15,21H/t21-/m1/s1. The molecule has 2 heteroatoms. The van der Waals surface area contributed by atoms with E-state index in [-0.39, 0.29) is 5.92 Å². The lowest BCUT2D eigenvalue weighted by molar-refractivity contribution is 0.983. The number of para-hydroxylation sites is 1. The summed E-state index contributed by atoms with van der Waals surface area (Å²) in [6, 6.07) is 29.1. The molecule has 0 bridgehead atoms. The molecular formula is C22H16ClN. The Bertz CT molecular complexity index is 957. The highest BCUT2D eigenvalue weighted by Crippen LogP contribution is 2.35. The SMILES string of the molecule is Clc1ccc([C@@H](c2ccccc2)c2cccc3cccnc23)cc1. The Morgan fingerprint density at radius 2 is 1.38 bits per heavy atom. The Labute approximate surface area is 146 Å². The van der Waals surface area contributed by atoms with Gasteiger partial charge in [0, 0.05) is 22.5 Å². The van der Waals surface area contributed by atoms with Gasteiger partial charge in [0.15, 0.2) is 0 Å². The number of nitrogens with zero attached hydrogens (tertiary/aromatic N) is 1. The van der Waals surface area contributed by atoms with Crippen LogP contribution in [0.5, 0.6) is 0 Å². The molecule has 1 nitrogen and oxygen atoms in total. The Morgan fingerprint density at radius 1 is 0.667 bits per heavy atom. The van der Waals surface area contributed by atoms with Crippen LogP contribution in [0.4, 0.5) is 0 Å². The van der Waals surface area contributed by atoms with E-state index < -0.39 is 0 Å². The average Bonchev–Trinajstić information content (AvgIpc) is 2.65. The number of fused-ring (bicyclic) bond motifs is 1. The van der Waals surface area contributed by atoms with Crippen LogP contribution in [-0.4, -0.2) is 4.98 Å². The van der Waals surface area contributed by atoms with Crippen molar-refractivity contribution in [3.8, 4) is 0 Å². The predicted octanol–water partition coefficient (Wildman–Crippen LogP) is 6.07. The Kier molecular flexibility index (Phi) is 4.02. The molecule has 0 aliphatic heterocycles. The first-order chi connectivity index (χ1) is 11.8. The summed E-state index contributed by atoms with van der Waals surface area (Å²) in [6.07, 6.45) is 1.86. The van der Waals surface area contributed by atoms with Gasteiger partial charge in [-0.15, -0.1) is 0 Å². The van der Waals surface area contributed by atoms with Crippen LogP contribution in [0.3, 0.4) is 0 Å². The van der Waals surface area contributed by atoms with E-state index in [2.05, 4.69) is 65.6 Å². The first-order valence-electron chi connectivity index (χ1n) is 7.97. The van der Waals surface area contributed by atoms with Crippen molar-refractivity contribution in [2.45, 2.75) is 5.92 Å². The zero-order valence-electron chi connectivity index (χ0n) is 13.1. The van der Waals surface area contributed by atoms with Crippen LogP contribution in [0.25, 0.3) is 10.9 Å². The van der Waals surface area contributed by atoms with E-state index in [1.165, 1.54) is 16.7 Å². The number of aromatic nitrogens is 1. The van der Waals surface area contributed by atoms with Gasteiger partial charge in [-0.2, -0.15) is 0 Å². The molecule has 4 rings (SSSR count). The zero-order chi connectivity index (χ0) is 16.4. The third-order valence-electron chi connectivity index (χ3n) is 4.31. The molecule has 0 aliphatic rings. The number of benzene rings is 3. The van der Waals surface area contributed by atoms with Gasteiger partial charge in [-0.05, 0) is 34.9 Å². The minimum atomic E-state index is 0.127. The number of hydrogen-bond donors (Lipinski definition) is 0. The second-order valence-electron chi connectivity index (χ2n) is 5.82. The van der Waals surface area contributed by atoms with Gasteiger partial charge in [0.25, 0.3) is 0 Å². The van der Waals surface area contributed by atoms with Gasteiger partial charge in [-0.1, -0.05) is 78.3 Å². The summed E-state index contributed by atoms with van der Waals surface area (Å²) in [5, 5.41) is 1.91. The van der Waals surface area contributed by atoms with Gasteiger partial charge >= 0.3 is 0 Å². The molecule has 0 N–H and O–H groups in total. The van der Waals surface area contributed by atoms with Crippen molar-refractivity contribution >= 4 is 22.5 Å². The maximum Gasteiger partial charge on any atom is 0.0743 e. The zero-order valence-corrected chi connectivity index (χ0v) is 13.8. The van der Waals surface area contributed by atoms with Crippen molar-refractivity contribution in [3.05, 3.63) is 113 Å². The summed E-state index contributed by atoms with van der Waals surface area (Å²) < 4.78 is 0. The van der Waals surface area contributed by atoms with Crippen molar-refractivity contribution < 1.29 is 0 Å². The Hall–Kier alpha value is -2.64. The van der Waals surface area contributed by atoms with Crippen molar-refractivity contribution in [3.63, 3.8) is 0 Å². The molecule has 0 spiro atoms. The molecule has 0 amide bonds. The van der Waals surface area contributed by atoms with Gasteiger partial charge in [0.05, 0.1) is 5.52 Å². The fourth-order valence-corrected chi connectivity index (χ4v) is 3.34. The first-order valence-corrected chi connectivity index (χ1v) is 8.35. The second-order valence-corrected chi connectivity index (χ2v) is 6.25. The minimum absolute atomic E-state index is 0.127. The average molecular weight is 330 g/mol. The van der Waals surface area contributed by atoms with Gasteiger partial charge in [-0.3, -0.25) is 4.98 Å². The lowest BCUT2D eigenvalue weighted by Gasteiger charge is -2.20. The van der Waals surface area contributed by atoms with E-state index >= 15 is 0 Å². The van der Waals surface area contributed by atoms with Crippen LogP contribution in [0.1, 0.15) is 22.6 Å².